The predicted octanol–water partition coefficient (Wildman–Crippen LogP) is 3.68. The van der Waals surface area contributed by atoms with Crippen LogP contribution in [0.3, 0.4) is 0 Å². The average molecular weight is 285 g/mol. The second-order valence-corrected chi connectivity index (χ2v) is 5.34. The minimum absolute atomic E-state index is 0.539. The SMILES string of the molecule is Nc1cc2c(cn1)CN=C(c1ccccc1)c1ccccc1-2. The molecule has 1 aliphatic heterocycles. The van der Waals surface area contributed by atoms with Crippen LogP contribution in [0.4, 0.5) is 5.82 Å². The van der Waals surface area contributed by atoms with Crippen LogP contribution in [0.25, 0.3) is 11.1 Å². The molecule has 2 aromatic carbocycles. The Morgan fingerprint density at radius 2 is 1.55 bits per heavy atom. The minimum Gasteiger partial charge on any atom is -0.384 e. The van der Waals surface area contributed by atoms with Gasteiger partial charge in [-0.3, -0.25) is 4.99 Å². The number of nitrogen functional groups attached to an aromatic ring is 1. The van der Waals surface area contributed by atoms with Crippen LogP contribution in [0.1, 0.15) is 16.7 Å². The predicted molar refractivity (Wildman–Crippen MR) is 89.9 cm³/mol. The molecule has 0 unspecified atom stereocenters. The molecule has 0 aliphatic carbocycles. The first kappa shape index (κ1) is 12.8. The Balaban J connectivity index is 1.98. The Morgan fingerprint density at radius 3 is 2.36 bits per heavy atom. The molecule has 0 spiro atoms. The van der Waals surface area contributed by atoms with Crippen molar-refractivity contribution < 1.29 is 0 Å². The summed E-state index contributed by atoms with van der Waals surface area (Å²) in [5.74, 6) is 0.539. The molecule has 0 radical (unpaired) electrons. The van der Waals surface area contributed by atoms with Crippen molar-refractivity contribution >= 4 is 11.5 Å². The van der Waals surface area contributed by atoms with Gasteiger partial charge in [-0.1, -0.05) is 54.6 Å². The summed E-state index contributed by atoms with van der Waals surface area (Å²) in [5, 5.41) is 0. The van der Waals surface area contributed by atoms with Gasteiger partial charge >= 0.3 is 0 Å². The smallest absolute Gasteiger partial charge is 0.123 e. The highest BCUT2D eigenvalue weighted by molar-refractivity contribution is 6.17. The molecule has 0 amide bonds. The number of rotatable bonds is 1. The number of nitrogens with zero attached hydrogens (tertiary/aromatic N) is 2. The van der Waals surface area contributed by atoms with Crippen molar-refractivity contribution in [2.24, 2.45) is 4.99 Å². The number of nitrogens with two attached hydrogens (primary N) is 1. The van der Waals surface area contributed by atoms with Crippen LogP contribution in [0.5, 0.6) is 0 Å². The summed E-state index contributed by atoms with van der Waals surface area (Å²) in [6.07, 6.45) is 1.83. The summed E-state index contributed by atoms with van der Waals surface area (Å²) in [6, 6.07) is 20.6. The Kier molecular flexibility index (Phi) is 2.97. The van der Waals surface area contributed by atoms with Crippen molar-refractivity contribution in [2.45, 2.75) is 6.54 Å². The summed E-state index contributed by atoms with van der Waals surface area (Å²) in [4.78, 5) is 9.05. The molecule has 1 aliphatic rings. The normalized spacial score (nSPS) is 12.8. The molecular weight excluding hydrogens is 270 g/mol. The van der Waals surface area contributed by atoms with Crippen LogP contribution in [0.15, 0.2) is 71.9 Å². The Labute approximate surface area is 129 Å². The maximum atomic E-state index is 5.89. The van der Waals surface area contributed by atoms with E-state index in [2.05, 4.69) is 29.2 Å². The van der Waals surface area contributed by atoms with Crippen LogP contribution in [-0.4, -0.2) is 10.7 Å². The average Bonchev–Trinajstić information content (AvgIpc) is 2.73. The molecule has 22 heavy (non-hydrogen) atoms. The van der Waals surface area contributed by atoms with Gasteiger partial charge in [-0.05, 0) is 22.8 Å². The lowest BCUT2D eigenvalue weighted by Crippen LogP contribution is -2.04. The molecule has 0 saturated carbocycles. The number of anilines is 1. The molecule has 0 fully saturated rings. The number of hydrogen-bond donors (Lipinski definition) is 1. The lowest BCUT2D eigenvalue weighted by molar-refractivity contribution is 1.06. The quantitative estimate of drug-likeness (QED) is 0.741. The van der Waals surface area contributed by atoms with Crippen LogP contribution >= 0.6 is 0 Å². The summed E-state index contributed by atoms with van der Waals surface area (Å²) < 4.78 is 0. The molecule has 0 atom stereocenters. The van der Waals surface area contributed by atoms with Crippen molar-refractivity contribution in [3.8, 4) is 11.1 Å². The molecule has 2 N–H and O–H groups in total. The van der Waals surface area contributed by atoms with Crippen molar-refractivity contribution in [1.29, 1.82) is 0 Å². The topological polar surface area (TPSA) is 51.3 Å². The van der Waals surface area contributed by atoms with Gasteiger partial charge in [0.2, 0.25) is 0 Å². The third-order valence-corrected chi connectivity index (χ3v) is 3.93. The third kappa shape index (κ3) is 2.07. The van der Waals surface area contributed by atoms with Gasteiger partial charge in [-0.15, -0.1) is 0 Å². The summed E-state index contributed by atoms with van der Waals surface area (Å²) in [7, 11) is 0. The van der Waals surface area contributed by atoms with E-state index in [1.165, 1.54) is 0 Å². The highest BCUT2D eigenvalue weighted by Crippen LogP contribution is 2.33. The van der Waals surface area contributed by atoms with Gasteiger partial charge in [0.1, 0.15) is 5.82 Å². The van der Waals surface area contributed by atoms with Crippen LogP contribution in [-0.2, 0) is 6.54 Å². The molecule has 3 heteroatoms. The van der Waals surface area contributed by atoms with Crippen LogP contribution in [0, 0.1) is 0 Å². The maximum Gasteiger partial charge on any atom is 0.123 e. The second kappa shape index (κ2) is 5.11. The lowest BCUT2D eigenvalue weighted by atomic mass is 9.93. The monoisotopic (exact) mass is 285 g/mol. The highest BCUT2D eigenvalue weighted by Gasteiger charge is 2.18. The van der Waals surface area contributed by atoms with E-state index < -0.39 is 0 Å². The van der Waals surface area contributed by atoms with E-state index in [9.17, 15) is 0 Å². The summed E-state index contributed by atoms with van der Waals surface area (Å²) >= 11 is 0. The molecule has 106 valence electrons. The molecule has 0 saturated heterocycles. The van der Waals surface area contributed by atoms with Gasteiger partial charge in [0, 0.05) is 17.3 Å². The van der Waals surface area contributed by atoms with Gasteiger partial charge < -0.3 is 5.73 Å². The Morgan fingerprint density at radius 1 is 0.818 bits per heavy atom. The zero-order valence-electron chi connectivity index (χ0n) is 12.0. The fraction of sp³-hybridized carbons (Fsp3) is 0.0526. The van der Waals surface area contributed by atoms with E-state index in [-0.39, 0.29) is 0 Å². The van der Waals surface area contributed by atoms with Gasteiger partial charge in [0.15, 0.2) is 0 Å². The molecule has 3 nitrogen and oxygen atoms in total. The van der Waals surface area contributed by atoms with Crippen LogP contribution < -0.4 is 5.73 Å². The minimum atomic E-state index is 0.539. The maximum absolute atomic E-state index is 5.89. The number of fused-ring (bicyclic) bond motifs is 3. The number of aliphatic imine (C=N–C) groups is 1. The van der Waals surface area contributed by atoms with Crippen molar-refractivity contribution in [3.05, 3.63) is 83.6 Å². The summed E-state index contributed by atoms with van der Waals surface area (Å²) in [5.41, 5.74) is 12.6. The lowest BCUT2D eigenvalue weighted by Gasteiger charge is -2.11. The van der Waals surface area contributed by atoms with Gasteiger partial charge in [-0.25, -0.2) is 4.98 Å². The third-order valence-electron chi connectivity index (χ3n) is 3.93. The molecule has 0 bridgehead atoms. The molecule has 3 aromatic rings. The van der Waals surface area contributed by atoms with Crippen LogP contribution in [0.2, 0.25) is 0 Å². The first-order valence-corrected chi connectivity index (χ1v) is 7.27. The van der Waals surface area contributed by atoms with E-state index in [4.69, 9.17) is 10.7 Å². The van der Waals surface area contributed by atoms with E-state index in [0.717, 1.165) is 33.5 Å². The number of benzene rings is 2. The van der Waals surface area contributed by atoms with E-state index in [0.29, 0.717) is 12.4 Å². The van der Waals surface area contributed by atoms with Gasteiger partial charge in [0.25, 0.3) is 0 Å². The second-order valence-electron chi connectivity index (χ2n) is 5.34. The fourth-order valence-electron chi connectivity index (χ4n) is 2.89. The largest absolute Gasteiger partial charge is 0.384 e. The number of pyridine rings is 1. The highest BCUT2D eigenvalue weighted by atomic mass is 14.8. The van der Waals surface area contributed by atoms with Crippen molar-refractivity contribution in [2.75, 3.05) is 5.73 Å². The molecular formula is C19H15N3. The Hall–Kier alpha value is -2.94. The fourth-order valence-corrected chi connectivity index (χ4v) is 2.89. The first-order chi connectivity index (χ1) is 10.8. The number of aromatic nitrogens is 1. The first-order valence-electron chi connectivity index (χ1n) is 7.27. The zero-order chi connectivity index (χ0) is 14.9. The van der Waals surface area contributed by atoms with Crippen molar-refractivity contribution in [3.63, 3.8) is 0 Å². The van der Waals surface area contributed by atoms with E-state index in [1.807, 2.05) is 42.6 Å². The molecule has 4 rings (SSSR count). The summed E-state index contributed by atoms with van der Waals surface area (Å²) in [6.45, 7) is 0.613. The number of hydrogen-bond acceptors (Lipinski definition) is 3. The zero-order valence-corrected chi connectivity index (χ0v) is 12.0. The van der Waals surface area contributed by atoms with Gasteiger partial charge in [0.05, 0.1) is 12.3 Å². The van der Waals surface area contributed by atoms with E-state index >= 15 is 0 Å². The van der Waals surface area contributed by atoms with E-state index in [1.54, 1.807) is 0 Å². The molecule has 2 heterocycles. The molecule has 1 aromatic heterocycles. The Bertz CT molecular complexity index is 867. The van der Waals surface area contributed by atoms with Crippen molar-refractivity contribution in [1.82, 2.24) is 4.98 Å². The standard InChI is InChI=1S/C19H15N3/c20-18-10-17-14(11-21-18)12-22-19(13-6-2-1-3-7-13)16-9-5-4-8-15(16)17/h1-11H,12H2,(H2,20,21). The van der Waals surface area contributed by atoms with Gasteiger partial charge in [-0.2, -0.15) is 0 Å².